The highest BCUT2D eigenvalue weighted by molar-refractivity contribution is 7.85. The molecule has 0 saturated heterocycles. The van der Waals surface area contributed by atoms with E-state index in [4.69, 9.17) is 0 Å². The van der Waals surface area contributed by atoms with Gasteiger partial charge in [0.25, 0.3) is 0 Å². The van der Waals surface area contributed by atoms with Gasteiger partial charge in [-0.1, -0.05) is 60.7 Å². The summed E-state index contributed by atoms with van der Waals surface area (Å²) in [5.74, 6) is -0.548. The molecule has 0 bridgehead atoms. The molecule has 104 valence electrons. The highest BCUT2D eigenvalue weighted by Crippen LogP contribution is 2.42. The lowest BCUT2D eigenvalue weighted by Gasteiger charge is -2.20. The maximum absolute atomic E-state index is 14.2. The zero-order chi connectivity index (χ0) is 14.7. The summed E-state index contributed by atoms with van der Waals surface area (Å²) >= 11 is 0. The summed E-state index contributed by atoms with van der Waals surface area (Å²) in [6.45, 7) is 0. The van der Waals surface area contributed by atoms with Crippen molar-refractivity contribution < 1.29 is 8.96 Å². The molecule has 3 aromatic rings. The number of benzene rings is 2. The Bertz CT molecular complexity index is 747. The maximum atomic E-state index is 14.2. The topological polar surface area (TPSA) is 30.0 Å². The van der Waals surface area contributed by atoms with E-state index in [1.807, 2.05) is 36.4 Å². The van der Waals surface area contributed by atoms with E-state index in [-0.39, 0.29) is 5.30 Å². The molecule has 21 heavy (non-hydrogen) atoms. The first-order chi connectivity index (χ1) is 10.2. The average Bonchev–Trinajstić information content (AvgIpc) is 2.56. The number of hydrogen-bond donors (Lipinski definition) is 0. The Balaban J connectivity index is 2.32. The summed E-state index contributed by atoms with van der Waals surface area (Å²) in [6, 6.07) is 19.5. The molecule has 0 radical (unpaired) electrons. The molecule has 2 aromatic carbocycles. The lowest BCUT2D eigenvalue weighted by molar-refractivity contribution is 0.588. The Hall–Kier alpha value is -2.25. The fourth-order valence-electron chi connectivity index (χ4n) is 2.33. The molecule has 0 aliphatic heterocycles. The zero-order valence-electron chi connectivity index (χ0n) is 11.2. The molecule has 0 aliphatic carbocycles. The highest BCUT2D eigenvalue weighted by atomic mass is 31.2. The number of rotatable bonds is 3. The van der Waals surface area contributed by atoms with Crippen molar-refractivity contribution in [3.05, 3.63) is 84.9 Å². The van der Waals surface area contributed by atoms with Crippen LogP contribution in [0, 0.1) is 5.82 Å². The second-order valence-electron chi connectivity index (χ2n) is 4.61. The van der Waals surface area contributed by atoms with E-state index < -0.39 is 13.0 Å². The molecular weight excluding hydrogens is 284 g/mol. The molecule has 0 spiro atoms. The summed E-state index contributed by atoms with van der Waals surface area (Å²) in [7, 11) is -3.23. The van der Waals surface area contributed by atoms with Gasteiger partial charge in [0, 0.05) is 16.8 Å². The van der Waals surface area contributed by atoms with Crippen LogP contribution in [0.3, 0.4) is 0 Å². The minimum Gasteiger partial charge on any atom is -0.309 e. The molecule has 0 aliphatic rings. The van der Waals surface area contributed by atoms with Crippen LogP contribution in [-0.2, 0) is 4.57 Å². The van der Waals surface area contributed by atoms with Gasteiger partial charge in [-0.15, -0.1) is 0 Å². The zero-order valence-corrected chi connectivity index (χ0v) is 12.1. The van der Waals surface area contributed by atoms with Crippen molar-refractivity contribution in [2.75, 3.05) is 0 Å². The van der Waals surface area contributed by atoms with Gasteiger partial charge in [-0.05, 0) is 6.07 Å². The normalized spacial score (nSPS) is 11.3. The Morgan fingerprint density at radius 3 is 1.81 bits per heavy atom. The van der Waals surface area contributed by atoms with Crippen molar-refractivity contribution in [3.63, 3.8) is 0 Å². The predicted molar refractivity (Wildman–Crippen MR) is 83.6 cm³/mol. The van der Waals surface area contributed by atoms with Crippen LogP contribution in [-0.4, -0.2) is 4.98 Å². The van der Waals surface area contributed by atoms with Gasteiger partial charge in [-0.3, -0.25) is 4.98 Å². The van der Waals surface area contributed by atoms with E-state index >= 15 is 0 Å². The van der Waals surface area contributed by atoms with Gasteiger partial charge in [0.15, 0.2) is 13.0 Å². The second-order valence-corrected chi connectivity index (χ2v) is 7.34. The standard InChI is InChI=1S/C17H13FNOP/c18-16-13-19-12-11-17(16)21(20,14-7-3-1-4-8-14)15-9-5-2-6-10-15/h1-13H. The molecule has 3 rings (SSSR count). The first-order valence-corrected chi connectivity index (χ1v) is 8.25. The van der Waals surface area contributed by atoms with Crippen LogP contribution in [0.2, 0.25) is 0 Å². The molecule has 0 fully saturated rings. The molecule has 0 atom stereocenters. The molecular formula is C17H13FNOP. The largest absolute Gasteiger partial charge is 0.309 e. The Morgan fingerprint density at radius 1 is 0.810 bits per heavy atom. The van der Waals surface area contributed by atoms with E-state index in [0.717, 1.165) is 6.20 Å². The fraction of sp³-hybridized carbons (Fsp3) is 0. The average molecular weight is 297 g/mol. The van der Waals surface area contributed by atoms with Crippen molar-refractivity contribution in [3.8, 4) is 0 Å². The van der Waals surface area contributed by atoms with Crippen LogP contribution >= 0.6 is 7.14 Å². The molecule has 4 heteroatoms. The van der Waals surface area contributed by atoms with Gasteiger partial charge in [0.2, 0.25) is 0 Å². The second kappa shape index (κ2) is 5.63. The van der Waals surface area contributed by atoms with Crippen molar-refractivity contribution >= 4 is 23.1 Å². The first-order valence-electron chi connectivity index (χ1n) is 6.54. The maximum Gasteiger partial charge on any atom is 0.174 e. The van der Waals surface area contributed by atoms with Gasteiger partial charge >= 0.3 is 0 Å². The number of aromatic nitrogens is 1. The summed E-state index contributed by atoms with van der Waals surface area (Å²) in [5.41, 5.74) is 0. The number of halogens is 1. The van der Waals surface area contributed by atoms with E-state index in [9.17, 15) is 8.96 Å². The molecule has 0 saturated carbocycles. The third-order valence-corrected chi connectivity index (χ3v) is 6.42. The van der Waals surface area contributed by atoms with Crippen molar-refractivity contribution in [2.24, 2.45) is 0 Å². The summed E-state index contributed by atoms with van der Waals surface area (Å²) in [6.07, 6.45) is 2.57. The van der Waals surface area contributed by atoms with Crippen molar-refractivity contribution in [1.82, 2.24) is 4.98 Å². The van der Waals surface area contributed by atoms with Gasteiger partial charge in [-0.25, -0.2) is 4.39 Å². The van der Waals surface area contributed by atoms with E-state index in [1.165, 1.54) is 12.3 Å². The smallest absolute Gasteiger partial charge is 0.174 e. The summed E-state index contributed by atoms with van der Waals surface area (Å²) < 4.78 is 28.0. The van der Waals surface area contributed by atoms with E-state index in [0.29, 0.717) is 10.6 Å². The molecule has 1 heterocycles. The van der Waals surface area contributed by atoms with Crippen LogP contribution in [0.5, 0.6) is 0 Å². The lowest BCUT2D eigenvalue weighted by atomic mass is 10.4. The fourth-order valence-corrected chi connectivity index (χ4v) is 5.00. The van der Waals surface area contributed by atoms with Gasteiger partial charge in [0.1, 0.15) is 0 Å². The van der Waals surface area contributed by atoms with Crippen LogP contribution in [0.15, 0.2) is 79.1 Å². The molecule has 0 unspecified atom stereocenters. The predicted octanol–water partition coefficient (Wildman–Crippen LogP) is 2.86. The van der Waals surface area contributed by atoms with Crippen LogP contribution in [0.4, 0.5) is 4.39 Å². The van der Waals surface area contributed by atoms with E-state index in [2.05, 4.69) is 4.98 Å². The van der Waals surface area contributed by atoms with Gasteiger partial charge in [0.05, 0.1) is 11.5 Å². The summed E-state index contributed by atoms with van der Waals surface area (Å²) in [4.78, 5) is 3.75. The minimum absolute atomic E-state index is 0.190. The third-order valence-electron chi connectivity index (χ3n) is 3.33. The van der Waals surface area contributed by atoms with Crippen molar-refractivity contribution in [2.45, 2.75) is 0 Å². The van der Waals surface area contributed by atoms with Gasteiger partial charge < -0.3 is 4.57 Å². The Kier molecular flexibility index (Phi) is 3.68. The summed E-state index contributed by atoms with van der Waals surface area (Å²) in [5, 5.41) is 1.41. The van der Waals surface area contributed by atoms with Crippen LogP contribution in [0.25, 0.3) is 0 Å². The number of nitrogens with zero attached hydrogens (tertiary/aromatic N) is 1. The molecule has 2 nitrogen and oxygen atoms in total. The SMILES string of the molecule is O=P(c1ccccc1)(c1ccccc1)c1ccncc1F. The van der Waals surface area contributed by atoms with E-state index in [1.54, 1.807) is 24.3 Å². The van der Waals surface area contributed by atoms with Crippen LogP contribution < -0.4 is 15.9 Å². The Labute approximate surface area is 122 Å². The molecule has 0 N–H and O–H groups in total. The minimum atomic E-state index is -3.23. The van der Waals surface area contributed by atoms with Crippen LogP contribution in [0.1, 0.15) is 0 Å². The quantitative estimate of drug-likeness (QED) is 0.696. The third kappa shape index (κ3) is 2.41. The lowest BCUT2D eigenvalue weighted by Crippen LogP contribution is -2.27. The molecule has 1 aromatic heterocycles. The number of hydrogen-bond acceptors (Lipinski definition) is 2. The highest BCUT2D eigenvalue weighted by Gasteiger charge is 2.32. The van der Waals surface area contributed by atoms with Gasteiger partial charge in [-0.2, -0.15) is 0 Å². The molecule has 0 amide bonds. The Morgan fingerprint density at radius 2 is 1.33 bits per heavy atom. The monoisotopic (exact) mass is 297 g/mol. The first kappa shape index (κ1) is 13.7. The number of pyridine rings is 1. The van der Waals surface area contributed by atoms with Crippen molar-refractivity contribution in [1.29, 1.82) is 0 Å².